The largest absolute Gasteiger partial charge is 0.491 e. The molecule has 0 fully saturated rings. The normalized spacial score (nSPS) is 13.9. The number of rotatable bonds is 4. The number of nitrogens with zero attached hydrogens (tertiary/aromatic N) is 2. The predicted molar refractivity (Wildman–Crippen MR) is 131 cm³/mol. The van der Waals surface area contributed by atoms with Gasteiger partial charge in [0.05, 0.1) is 28.8 Å². The number of aryl methyl sites for hydroxylation is 1. The first-order valence-electron chi connectivity index (χ1n) is 11.1. The Morgan fingerprint density at radius 3 is 2.68 bits per heavy atom. The van der Waals surface area contributed by atoms with Gasteiger partial charge in [-0.2, -0.15) is 0 Å². The number of benzene rings is 3. The molecule has 7 nitrogen and oxygen atoms in total. The molecule has 0 spiro atoms. The van der Waals surface area contributed by atoms with E-state index in [0.717, 1.165) is 39.0 Å². The van der Waals surface area contributed by atoms with Gasteiger partial charge in [0.15, 0.2) is 9.84 Å². The van der Waals surface area contributed by atoms with E-state index in [2.05, 4.69) is 22.1 Å². The molecule has 0 saturated heterocycles. The summed E-state index contributed by atoms with van der Waals surface area (Å²) in [5.41, 5.74) is 6.13. The number of amides is 1. The van der Waals surface area contributed by atoms with E-state index in [1.165, 1.54) is 12.3 Å². The van der Waals surface area contributed by atoms with Crippen molar-refractivity contribution in [3.63, 3.8) is 0 Å². The Balaban J connectivity index is 1.46. The molecular weight excluding hydrogens is 450 g/mol. The lowest BCUT2D eigenvalue weighted by molar-refractivity contribution is 0.0732. The average molecular weight is 476 g/mol. The van der Waals surface area contributed by atoms with Gasteiger partial charge in [0.25, 0.3) is 5.91 Å². The fourth-order valence-corrected chi connectivity index (χ4v) is 5.01. The molecule has 1 aliphatic rings. The summed E-state index contributed by atoms with van der Waals surface area (Å²) >= 11 is 0. The Hall–Kier alpha value is -3.65. The van der Waals surface area contributed by atoms with Crippen LogP contribution in [0.1, 0.15) is 28.4 Å². The van der Waals surface area contributed by atoms with Gasteiger partial charge in [-0.05, 0) is 65.6 Å². The van der Waals surface area contributed by atoms with Crippen LogP contribution in [0, 0.1) is 0 Å². The number of aromatic nitrogens is 2. The van der Waals surface area contributed by atoms with Crippen LogP contribution in [-0.4, -0.2) is 48.6 Å². The first-order chi connectivity index (χ1) is 16.3. The molecule has 0 radical (unpaired) electrons. The van der Waals surface area contributed by atoms with E-state index in [4.69, 9.17) is 4.74 Å². The molecule has 1 aliphatic heterocycles. The number of H-pyrrole nitrogens is 1. The fraction of sp³-hybridized carbons (Fsp3) is 0.231. The minimum absolute atomic E-state index is 0.127. The summed E-state index contributed by atoms with van der Waals surface area (Å²) in [6.45, 7) is 3.16. The second-order valence-electron chi connectivity index (χ2n) is 8.48. The van der Waals surface area contributed by atoms with Gasteiger partial charge in [-0.15, -0.1) is 0 Å². The highest BCUT2D eigenvalue weighted by Crippen LogP contribution is 2.31. The predicted octanol–water partition coefficient (Wildman–Crippen LogP) is 4.23. The number of carbonyl (C=O) groups excluding carboxylic acids is 1. The Bertz CT molecular complexity index is 1510. The van der Waals surface area contributed by atoms with Crippen LogP contribution < -0.4 is 4.74 Å². The summed E-state index contributed by atoms with van der Waals surface area (Å²) in [6, 6.07) is 16.8. The Morgan fingerprint density at radius 1 is 1.09 bits per heavy atom. The van der Waals surface area contributed by atoms with Crippen molar-refractivity contribution in [2.45, 2.75) is 24.8 Å². The molecule has 2 heterocycles. The van der Waals surface area contributed by atoms with Gasteiger partial charge in [-0.25, -0.2) is 13.4 Å². The first-order valence-corrected chi connectivity index (χ1v) is 13.0. The number of hydrogen-bond donors (Lipinski definition) is 1. The third kappa shape index (κ3) is 4.17. The molecule has 1 aromatic heterocycles. The lowest BCUT2D eigenvalue weighted by Gasteiger charge is -2.22. The molecule has 0 atom stereocenters. The molecule has 5 rings (SSSR count). The second-order valence-corrected chi connectivity index (χ2v) is 10.5. The Morgan fingerprint density at radius 2 is 1.88 bits per heavy atom. The van der Waals surface area contributed by atoms with Crippen molar-refractivity contribution in [1.29, 1.82) is 0 Å². The molecule has 0 bridgehead atoms. The lowest BCUT2D eigenvalue weighted by atomic mass is 10.0. The van der Waals surface area contributed by atoms with Crippen molar-refractivity contribution in [2.24, 2.45) is 0 Å². The maximum atomic E-state index is 13.5. The van der Waals surface area contributed by atoms with Crippen LogP contribution >= 0.6 is 0 Å². The first kappa shape index (κ1) is 22.2. The maximum absolute atomic E-state index is 13.5. The van der Waals surface area contributed by atoms with Crippen molar-refractivity contribution in [1.82, 2.24) is 14.9 Å². The van der Waals surface area contributed by atoms with E-state index >= 15 is 0 Å². The number of carbonyl (C=O) groups is 1. The number of sulfone groups is 1. The van der Waals surface area contributed by atoms with Crippen LogP contribution in [0.3, 0.4) is 0 Å². The van der Waals surface area contributed by atoms with Crippen LogP contribution in [-0.2, 0) is 22.8 Å². The number of ether oxygens (including phenoxy) is 1. The van der Waals surface area contributed by atoms with Crippen molar-refractivity contribution >= 4 is 26.8 Å². The summed E-state index contributed by atoms with van der Waals surface area (Å²) in [5.74, 6) is 0.641. The molecule has 3 aromatic carbocycles. The molecular formula is C26H25N3O4S. The minimum Gasteiger partial charge on any atom is -0.491 e. The highest BCUT2D eigenvalue weighted by atomic mass is 32.2. The van der Waals surface area contributed by atoms with Gasteiger partial charge in [0.1, 0.15) is 12.4 Å². The van der Waals surface area contributed by atoms with Crippen molar-refractivity contribution in [2.75, 3.05) is 19.4 Å². The lowest BCUT2D eigenvalue weighted by Crippen LogP contribution is -2.33. The summed E-state index contributed by atoms with van der Waals surface area (Å²) in [4.78, 5) is 22.9. The van der Waals surface area contributed by atoms with Crippen LogP contribution in [0.4, 0.5) is 0 Å². The molecule has 8 heteroatoms. The Kier molecular flexibility index (Phi) is 5.61. The van der Waals surface area contributed by atoms with E-state index in [9.17, 15) is 13.2 Å². The molecule has 1 amide bonds. The van der Waals surface area contributed by atoms with Crippen LogP contribution in [0.5, 0.6) is 5.75 Å². The quantitative estimate of drug-likeness (QED) is 0.477. The summed E-state index contributed by atoms with van der Waals surface area (Å²) in [6.07, 6.45) is 3.41. The third-order valence-corrected chi connectivity index (χ3v) is 7.31. The summed E-state index contributed by atoms with van der Waals surface area (Å²) in [5, 5.41) is 0. The molecule has 4 aromatic rings. The number of aromatic amines is 1. The zero-order chi connectivity index (χ0) is 23.9. The van der Waals surface area contributed by atoms with Crippen LogP contribution in [0.15, 0.2) is 65.8 Å². The SMILES string of the molecule is CCc1cc(S(C)(=O)=O)ccc1C(=O)N1CCOc2ccc(-c3ccc4nc[nH]c4c3)cc2C1. The maximum Gasteiger partial charge on any atom is 0.254 e. The van der Waals surface area contributed by atoms with Crippen molar-refractivity contribution < 1.29 is 17.9 Å². The zero-order valence-corrected chi connectivity index (χ0v) is 19.9. The summed E-state index contributed by atoms with van der Waals surface area (Å²) < 4.78 is 29.9. The molecule has 34 heavy (non-hydrogen) atoms. The number of hydrogen-bond acceptors (Lipinski definition) is 5. The number of nitrogens with one attached hydrogen (secondary N) is 1. The number of imidazole rings is 1. The molecule has 0 unspecified atom stereocenters. The highest BCUT2D eigenvalue weighted by molar-refractivity contribution is 7.90. The van der Waals surface area contributed by atoms with Gasteiger partial charge in [0, 0.05) is 23.9 Å². The van der Waals surface area contributed by atoms with Gasteiger partial charge in [0.2, 0.25) is 0 Å². The van der Waals surface area contributed by atoms with E-state index < -0.39 is 9.84 Å². The number of fused-ring (bicyclic) bond motifs is 2. The van der Waals surface area contributed by atoms with E-state index in [1.807, 2.05) is 31.2 Å². The standard InChI is InChI=1S/C26H25N3O4S/c1-3-17-13-21(34(2,31)32)6-7-22(17)26(30)29-10-11-33-25-9-5-18(12-20(25)15-29)19-4-8-23-24(14-19)28-16-27-23/h4-9,12-14,16H,3,10-11,15H2,1-2H3,(H,27,28). The molecule has 0 aliphatic carbocycles. The van der Waals surface area contributed by atoms with Crippen LogP contribution in [0.2, 0.25) is 0 Å². The Labute approximate surface area is 198 Å². The van der Waals surface area contributed by atoms with Crippen LogP contribution in [0.25, 0.3) is 22.2 Å². The van der Waals surface area contributed by atoms with Gasteiger partial charge < -0.3 is 14.6 Å². The smallest absolute Gasteiger partial charge is 0.254 e. The zero-order valence-electron chi connectivity index (χ0n) is 19.0. The van der Waals surface area contributed by atoms with Crippen molar-refractivity contribution in [3.05, 3.63) is 77.6 Å². The molecule has 0 saturated carbocycles. The monoisotopic (exact) mass is 475 g/mol. The van der Waals surface area contributed by atoms with Gasteiger partial charge in [-0.3, -0.25) is 4.79 Å². The van der Waals surface area contributed by atoms with E-state index in [1.54, 1.807) is 23.4 Å². The fourth-order valence-electron chi connectivity index (χ4n) is 4.33. The minimum atomic E-state index is -3.34. The third-order valence-electron chi connectivity index (χ3n) is 6.20. The van der Waals surface area contributed by atoms with E-state index in [0.29, 0.717) is 31.7 Å². The second kappa shape index (κ2) is 8.61. The van der Waals surface area contributed by atoms with E-state index in [-0.39, 0.29) is 10.8 Å². The summed E-state index contributed by atoms with van der Waals surface area (Å²) in [7, 11) is -3.34. The van der Waals surface area contributed by atoms with Gasteiger partial charge >= 0.3 is 0 Å². The molecule has 174 valence electrons. The van der Waals surface area contributed by atoms with Gasteiger partial charge in [-0.1, -0.05) is 19.1 Å². The van der Waals surface area contributed by atoms with Crippen molar-refractivity contribution in [3.8, 4) is 16.9 Å². The average Bonchev–Trinajstić information content (AvgIpc) is 3.20. The molecule has 1 N–H and O–H groups in total. The topological polar surface area (TPSA) is 92.4 Å². The highest BCUT2D eigenvalue weighted by Gasteiger charge is 2.24.